The van der Waals surface area contributed by atoms with Gasteiger partial charge >= 0.3 is 5.76 Å². The number of H-pyrrole nitrogens is 1. The van der Waals surface area contributed by atoms with Gasteiger partial charge in [-0.1, -0.05) is 26.2 Å². The summed E-state index contributed by atoms with van der Waals surface area (Å²) in [4.78, 5) is 26.3. The number of nitrogens with one attached hydrogen (secondary N) is 1. The molecule has 0 radical (unpaired) electrons. The van der Waals surface area contributed by atoms with Gasteiger partial charge in [0, 0.05) is 11.0 Å². The molecule has 1 N–H and O–H groups in total. The van der Waals surface area contributed by atoms with E-state index in [0.29, 0.717) is 16.7 Å². The SMILES string of the molecule is CC1(C(=O)c2ccc3[nH]c(=O)oc3c2)CCCCC1. The zero-order valence-electron chi connectivity index (χ0n) is 11.0. The van der Waals surface area contributed by atoms with Crippen LogP contribution in [0, 0.1) is 5.41 Å². The number of oxazole rings is 1. The Kier molecular flexibility index (Phi) is 2.81. The van der Waals surface area contributed by atoms with Gasteiger partial charge < -0.3 is 4.42 Å². The summed E-state index contributed by atoms with van der Waals surface area (Å²) in [7, 11) is 0. The molecule has 3 rings (SSSR count). The number of fused-ring (bicyclic) bond motifs is 1. The fraction of sp³-hybridized carbons (Fsp3) is 0.467. The molecule has 1 saturated carbocycles. The quantitative estimate of drug-likeness (QED) is 0.842. The van der Waals surface area contributed by atoms with Gasteiger partial charge in [0.2, 0.25) is 0 Å². The number of aromatic nitrogens is 1. The van der Waals surface area contributed by atoms with Gasteiger partial charge in [0.25, 0.3) is 0 Å². The Morgan fingerprint density at radius 3 is 2.74 bits per heavy atom. The third-order valence-corrected chi connectivity index (χ3v) is 4.19. The Balaban J connectivity index is 1.98. The summed E-state index contributed by atoms with van der Waals surface area (Å²) in [5, 5.41) is 0. The molecule has 19 heavy (non-hydrogen) atoms. The standard InChI is InChI=1S/C15H17NO3/c1-15(7-3-2-4-8-15)13(17)10-5-6-11-12(9-10)19-14(18)16-11/h5-6,9H,2-4,7-8H2,1H3,(H,16,18). The number of hydrogen-bond donors (Lipinski definition) is 1. The van der Waals surface area contributed by atoms with E-state index in [4.69, 9.17) is 4.42 Å². The number of ketones is 1. The van der Waals surface area contributed by atoms with Crippen LogP contribution in [0.3, 0.4) is 0 Å². The zero-order chi connectivity index (χ0) is 13.5. The lowest BCUT2D eigenvalue weighted by Gasteiger charge is -2.32. The van der Waals surface area contributed by atoms with Crippen molar-refractivity contribution in [1.82, 2.24) is 4.98 Å². The van der Waals surface area contributed by atoms with Crippen molar-refractivity contribution in [2.24, 2.45) is 5.41 Å². The second kappa shape index (κ2) is 4.37. The van der Waals surface area contributed by atoms with Gasteiger partial charge in [-0.25, -0.2) is 4.79 Å². The predicted octanol–water partition coefficient (Wildman–Crippen LogP) is 3.27. The van der Waals surface area contributed by atoms with Crippen LogP contribution in [-0.2, 0) is 0 Å². The maximum absolute atomic E-state index is 12.6. The van der Waals surface area contributed by atoms with Crippen molar-refractivity contribution in [2.45, 2.75) is 39.0 Å². The molecule has 0 bridgehead atoms. The topological polar surface area (TPSA) is 63.1 Å². The van der Waals surface area contributed by atoms with Gasteiger partial charge in [-0.05, 0) is 31.0 Å². The number of Topliss-reactive ketones (excluding diaryl/α,β-unsaturated/α-hetero) is 1. The van der Waals surface area contributed by atoms with Crippen LogP contribution in [-0.4, -0.2) is 10.8 Å². The normalized spacial score (nSPS) is 18.6. The molecule has 0 spiro atoms. The van der Waals surface area contributed by atoms with Crippen LogP contribution in [0.4, 0.5) is 0 Å². The number of carbonyl (C=O) groups is 1. The number of carbonyl (C=O) groups excluding carboxylic acids is 1. The van der Waals surface area contributed by atoms with Gasteiger partial charge in [-0.15, -0.1) is 0 Å². The van der Waals surface area contributed by atoms with Gasteiger partial charge in [0.05, 0.1) is 5.52 Å². The first-order chi connectivity index (χ1) is 9.08. The van der Waals surface area contributed by atoms with Gasteiger partial charge in [-0.3, -0.25) is 9.78 Å². The van der Waals surface area contributed by atoms with Crippen LogP contribution < -0.4 is 5.76 Å². The van der Waals surface area contributed by atoms with E-state index in [-0.39, 0.29) is 11.2 Å². The fourth-order valence-electron chi connectivity index (χ4n) is 2.99. The third-order valence-electron chi connectivity index (χ3n) is 4.19. The van der Waals surface area contributed by atoms with Crippen LogP contribution in [0.15, 0.2) is 27.4 Å². The minimum Gasteiger partial charge on any atom is -0.408 e. The maximum atomic E-state index is 12.6. The molecule has 1 aromatic carbocycles. The Bertz CT molecular complexity index is 674. The average Bonchev–Trinajstić information content (AvgIpc) is 2.77. The highest BCUT2D eigenvalue weighted by Gasteiger charge is 2.35. The van der Waals surface area contributed by atoms with Crippen molar-refractivity contribution in [3.63, 3.8) is 0 Å². The van der Waals surface area contributed by atoms with Crippen molar-refractivity contribution >= 4 is 16.9 Å². The molecule has 4 heteroatoms. The lowest BCUT2D eigenvalue weighted by atomic mass is 9.71. The number of rotatable bonds is 2. The molecule has 2 aromatic rings. The summed E-state index contributed by atoms with van der Waals surface area (Å²) in [6.07, 6.45) is 5.34. The van der Waals surface area contributed by atoms with E-state index in [9.17, 15) is 9.59 Å². The van der Waals surface area contributed by atoms with Crippen LogP contribution in [0.5, 0.6) is 0 Å². The minimum absolute atomic E-state index is 0.165. The van der Waals surface area contributed by atoms with E-state index in [2.05, 4.69) is 4.98 Å². The highest BCUT2D eigenvalue weighted by Crippen LogP contribution is 2.38. The molecule has 1 aliphatic rings. The van der Waals surface area contributed by atoms with E-state index in [1.54, 1.807) is 18.2 Å². The molecule has 4 nitrogen and oxygen atoms in total. The van der Waals surface area contributed by atoms with Crippen molar-refractivity contribution in [3.05, 3.63) is 34.3 Å². The summed E-state index contributed by atoms with van der Waals surface area (Å²) >= 11 is 0. The van der Waals surface area contributed by atoms with E-state index < -0.39 is 5.76 Å². The molecule has 0 atom stereocenters. The second-order valence-corrected chi connectivity index (χ2v) is 5.68. The molecule has 0 aliphatic heterocycles. The molecule has 0 saturated heterocycles. The smallest absolute Gasteiger partial charge is 0.408 e. The summed E-state index contributed by atoms with van der Waals surface area (Å²) in [5.74, 6) is -0.318. The molecule has 0 unspecified atom stereocenters. The Morgan fingerprint density at radius 2 is 2.00 bits per heavy atom. The molecule has 0 amide bonds. The molecule has 1 fully saturated rings. The fourth-order valence-corrected chi connectivity index (χ4v) is 2.99. The highest BCUT2D eigenvalue weighted by molar-refractivity contribution is 6.02. The Hall–Kier alpha value is -1.84. The molecule has 1 heterocycles. The lowest BCUT2D eigenvalue weighted by molar-refractivity contribution is 0.0749. The predicted molar refractivity (Wildman–Crippen MR) is 72.4 cm³/mol. The van der Waals surface area contributed by atoms with E-state index >= 15 is 0 Å². The van der Waals surface area contributed by atoms with E-state index in [0.717, 1.165) is 25.7 Å². The summed E-state index contributed by atoms with van der Waals surface area (Å²) in [6, 6.07) is 5.19. The third kappa shape index (κ3) is 2.11. The number of hydrogen-bond acceptors (Lipinski definition) is 3. The molecule has 100 valence electrons. The van der Waals surface area contributed by atoms with Crippen LogP contribution >= 0.6 is 0 Å². The first-order valence-electron chi connectivity index (χ1n) is 6.76. The highest BCUT2D eigenvalue weighted by atomic mass is 16.4. The molecule has 1 aliphatic carbocycles. The van der Waals surface area contributed by atoms with Crippen LogP contribution in [0.25, 0.3) is 11.1 Å². The first-order valence-corrected chi connectivity index (χ1v) is 6.76. The zero-order valence-corrected chi connectivity index (χ0v) is 11.0. The number of benzene rings is 1. The van der Waals surface area contributed by atoms with E-state index in [1.807, 2.05) is 6.92 Å². The minimum atomic E-state index is -0.483. The van der Waals surface area contributed by atoms with Gasteiger partial charge in [0.1, 0.15) is 0 Å². The van der Waals surface area contributed by atoms with E-state index in [1.165, 1.54) is 6.42 Å². The lowest BCUT2D eigenvalue weighted by Crippen LogP contribution is -2.30. The average molecular weight is 259 g/mol. The largest absolute Gasteiger partial charge is 0.417 e. The van der Waals surface area contributed by atoms with Crippen molar-refractivity contribution in [3.8, 4) is 0 Å². The molecular weight excluding hydrogens is 242 g/mol. The molecular formula is C15H17NO3. The Morgan fingerprint density at radius 1 is 1.26 bits per heavy atom. The second-order valence-electron chi connectivity index (χ2n) is 5.68. The monoisotopic (exact) mass is 259 g/mol. The summed E-state index contributed by atoms with van der Waals surface area (Å²) in [6.45, 7) is 2.05. The molecule has 1 aromatic heterocycles. The first kappa shape index (κ1) is 12.2. The maximum Gasteiger partial charge on any atom is 0.417 e. The van der Waals surface area contributed by atoms with Crippen molar-refractivity contribution in [1.29, 1.82) is 0 Å². The van der Waals surface area contributed by atoms with Gasteiger partial charge in [-0.2, -0.15) is 0 Å². The van der Waals surface area contributed by atoms with Crippen molar-refractivity contribution in [2.75, 3.05) is 0 Å². The Labute approximate surface area is 110 Å². The summed E-state index contributed by atoms with van der Waals surface area (Å²) in [5.41, 5.74) is 1.47. The number of aromatic amines is 1. The van der Waals surface area contributed by atoms with Crippen molar-refractivity contribution < 1.29 is 9.21 Å². The summed E-state index contributed by atoms with van der Waals surface area (Å²) < 4.78 is 5.02. The van der Waals surface area contributed by atoms with Crippen LogP contribution in [0.2, 0.25) is 0 Å². The van der Waals surface area contributed by atoms with Crippen LogP contribution in [0.1, 0.15) is 49.4 Å². The van der Waals surface area contributed by atoms with Gasteiger partial charge in [0.15, 0.2) is 11.4 Å².